The maximum atomic E-state index is 13.7. The highest BCUT2D eigenvalue weighted by molar-refractivity contribution is 7.93. The van der Waals surface area contributed by atoms with Crippen LogP contribution in [0.25, 0.3) is 0 Å². The minimum absolute atomic E-state index is 0.0223. The van der Waals surface area contributed by atoms with E-state index in [1.807, 2.05) is 0 Å². The molecule has 35 heavy (non-hydrogen) atoms. The van der Waals surface area contributed by atoms with Crippen molar-refractivity contribution < 1.29 is 27.8 Å². The predicted molar refractivity (Wildman–Crippen MR) is 133 cm³/mol. The van der Waals surface area contributed by atoms with Gasteiger partial charge in [-0.2, -0.15) is 0 Å². The number of halogens is 3. The Kier molecular flexibility index (Phi) is 7.30. The van der Waals surface area contributed by atoms with Crippen LogP contribution >= 0.6 is 34.8 Å². The Hall–Kier alpha value is -2.76. The molecule has 1 amide bonds. The fourth-order valence-corrected chi connectivity index (χ4v) is 5.88. The average molecular weight is 559 g/mol. The van der Waals surface area contributed by atoms with E-state index in [-0.39, 0.29) is 55.2 Å². The van der Waals surface area contributed by atoms with Gasteiger partial charge in [0.1, 0.15) is 22.6 Å². The van der Waals surface area contributed by atoms with Crippen LogP contribution in [0.2, 0.25) is 15.1 Å². The summed E-state index contributed by atoms with van der Waals surface area (Å²) in [5.41, 5.74) is 0.0418. The van der Waals surface area contributed by atoms with Gasteiger partial charge in [0, 0.05) is 5.02 Å². The fourth-order valence-electron chi connectivity index (χ4n) is 3.44. The first-order chi connectivity index (χ1) is 16.6. The van der Waals surface area contributed by atoms with E-state index < -0.39 is 28.6 Å². The van der Waals surface area contributed by atoms with E-state index in [2.05, 4.69) is 10.3 Å². The van der Waals surface area contributed by atoms with Crippen LogP contribution in [-0.2, 0) is 10.0 Å². The molecule has 4 rings (SSSR count). The molecule has 0 fully saturated rings. The molecule has 1 aliphatic heterocycles. The van der Waals surface area contributed by atoms with Crippen LogP contribution in [0.5, 0.6) is 11.5 Å². The number of benzene rings is 2. The Bertz CT molecular complexity index is 1380. The van der Waals surface area contributed by atoms with Crippen LogP contribution in [0.3, 0.4) is 0 Å². The number of sulfonamides is 1. The van der Waals surface area contributed by atoms with E-state index in [1.165, 1.54) is 49.6 Å². The molecule has 2 N–H and O–H groups in total. The van der Waals surface area contributed by atoms with Crippen molar-refractivity contribution in [1.82, 2.24) is 4.98 Å². The van der Waals surface area contributed by atoms with Gasteiger partial charge in [-0.3, -0.25) is 4.79 Å². The number of hydrogen-bond acceptors (Lipinski definition) is 7. The normalized spacial score (nSPS) is 15.2. The SMILES string of the molecule is COc1ccc(Cl)cc1S(=O)(=O)N1C[C@H](CO)Oc2ccc(NC(=O)c3c(Cl)cccc3Cl)nc21. The summed E-state index contributed by atoms with van der Waals surface area (Å²) < 4.78 is 39.2. The van der Waals surface area contributed by atoms with Crippen molar-refractivity contribution in [1.29, 1.82) is 0 Å². The van der Waals surface area contributed by atoms with Gasteiger partial charge in [-0.15, -0.1) is 0 Å². The molecule has 0 bridgehead atoms. The van der Waals surface area contributed by atoms with Crippen LogP contribution in [0.15, 0.2) is 53.4 Å². The number of aromatic nitrogens is 1. The first kappa shape index (κ1) is 25.3. The summed E-state index contributed by atoms with van der Waals surface area (Å²) in [4.78, 5) is 16.9. The molecule has 0 saturated carbocycles. The molecule has 0 spiro atoms. The number of anilines is 2. The van der Waals surface area contributed by atoms with Crippen molar-refractivity contribution in [2.24, 2.45) is 0 Å². The van der Waals surface area contributed by atoms with E-state index in [0.29, 0.717) is 0 Å². The Morgan fingerprint density at radius 1 is 1.20 bits per heavy atom. The van der Waals surface area contributed by atoms with Crippen LogP contribution in [0, 0.1) is 0 Å². The highest BCUT2D eigenvalue weighted by Gasteiger charge is 2.37. The predicted octanol–water partition coefficient (Wildman–Crippen LogP) is 4.25. The van der Waals surface area contributed by atoms with Crippen molar-refractivity contribution in [2.45, 2.75) is 11.0 Å². The van der Waals surface area contributed by atoms with Crippen molar-refractivity contribution in [3.63, 3.8) is 0 Å². The Labute approximate surface area is 216 Å². The number of ether oxygens (including phenoxy) is 2. The first-order valence-electron chi connectivity index (χ1n) is 10.1. The molecule has 0 aliphatic carbocycles. The number of rotatable bonds is 6. The number of methoxy groups -OCH3 is 1. The topological polar surface area (TPSA) is 118 Å². The number of aliphatic hydroxyl groups excluding tert-OH is 1. The van der Waals surface area contributed by atoms with Gasteiger partial charge in [-0.25, -0.2) is 17.7 Å². The van der Waals surface area contributed by atoms with E-state index in [9.17, 15) is 18.3 Å². The fraction of sp³-hybridized carbons (Fsp3) is 0.182. The lowest BCUT2D eigenvalue weighted by molar-refractivity contribution is 0.102. The molecular formula is C22H18Cl3N3O6S. The van der Waals surface area contributed by atoms with Crippen LogP contribution in [0.4, 0.5) is 11.6 Å². The molecule has 3 aromatic rings. The van der Waals surface area contributed by atoms with Crippen LogP contribution < -0.4 is 19.1 Å². The molecule has 1 atom stereocenters. The molecule has 2 aromatic carbocycles. The summed E-state index contributed by atoms with van der Waals surface area (Å²) in [5, 5.41) is 12.7. The zero-order valence-corrected chi connectivity index (χ0v) is 21.1. The lowest BCUT2D eigenvalue weighted by Crippen LogP contribution is -2.45. The van der Waals surface area contributed by atoms with Crippen LogP contribution in [0.1, 0.15) is 10.4 Å². The second-order valence-electron chi connectivity index (χ2n) is 7.32. The van der Waals surface area contributed by atoms with Crippen molar-refractivity contribution >= 4 is 62.4 Å². The molecule has 0 radical (unpaired) electrons. The summed E-state index contributed by atoms with van der Waals surface area (Å²) in [5.74, 6) is -0.549. The van der Waals surface area contributed by atoms with Crippen molar-refractivity contribution in [3.05, 3.63) is 69.2 Å². The lowest BCUT2D eigenvalue weighted by Gasteiger charge is -2.34. The lowest BCUT2D eigenvalue weighted by atomic mass is 10.2. The van der Waals surface area contributed by atoms with Crippen molar-refractivity contribution in [3.8, 4) is 11.5 Å². The molecule has 1 aromatic heterocycles. The minimum atomic E-state index is -4.28. The first-order valence-corrected chi connectivity index (χ1v) is 12.6. The summed E-state index contributed by atoms with van der Waals surface area (Å²) in [6.07, 6.45) is -0.855. The quantitative estimate of drug-likeness (QED) is 0.464. The zero-order chi connectivity index (χ0) is 25.3. The summed E-state index contributed by atoms with van der Waals surface area (Å²) in [7, 11) is -2.95. The third-order valence-corrected chi connectivity index (χ3v) is 7.71. The molecular weight excluding hydrogens is 541 g/mol. The van der Waals surface area contributed by atoms with Gasteiger partial charge in [0.2, 0.25) is 0 Å². The average Bonchev–Trinajstić information content (AvgIpc) is 2.83. The van der Waals surface area contributed by atoms with Crippen LogP contribution in [-0.4, -0.2) is 50.8 Å². The summed E-state index contributed by atoms with van der Waals surface area (Å²) in [6, 6.07) is 11.7. The largest absolute Gasteiger partial charge is 0.495 e. The smallest absolute Gasteiger partial charge is 0.269 e. The number of amides is 1. The van der Waals surface area contributed by atoms with E-state index in [4.69, 9.17) is 44.3 Å². The summed E-state index contributed by atoms with van der Waals surface area (Å²) >= 11 is 18.3. The van der Waals surface area contributed by atoms with Gasteiger partial charge < -0.3 is 19.9 Å². The molecule has 13 heteroatoms. The number of nitrogens with zero attached hydrogens (tertiary/aromatic N) is 2. The van der Waals surface area contributed by atoms with Gasteiger partial charge in [0.15, 0.2) is 11.6 Å². The Balaban J connectivity index is 1.76. The standard InChI is InChI=1S/C22H18Cl3N3O6S/c1-33-16-6-5-12(23)9-18(16)35(31,32)28-10-13(11-29)34-17-7-8-19(26-21(17)28)27-22(30)20-14(24)3-2-4-15(20)25/h2-9,13,29H,10-11H2,1H3,(H,26,27,30)/t13-/m1/s1. The Morgan fingerprint density at radius 3 is 2.57 bits per heavy atom. The second kappa shape index (κ2) is 10.1. The zero-order valence-electron chi connectivity index (χ0n) is 18.0. The molecule has 1 aliphatic rings. The molecule has 0 unspecified atom stereocenters. The Morgan fingerprint density at radius 2 is 1.91 bits per heavy atom. The molecule has 2 heterocycles. The third kappa shape index (κ3) is 4.98. The number of fused-ring (bicyclic) bond motifs is 1. The van der Waals surface area contributed by atoms with Gasteiger partial charge in [-0.05, 0) is 42.5 Å². The number of aliphatic hydroxyl groups is 1. The highest BCUT2D eigenvalue weighted by Crippen LogP contribution is 2.39. The number of carbonyl (C=O) groups is 1. The monoisotopic (exact) mass is 557 g/mol. The summed E-state index contributed by atoms with van der Waals surface area (Å²) in [6.45, 7) is -0.691. The van der Waals surface area contributed by atoms with E-state index in [1.54, 1.807) is 6.07 Å². The number of hydrogen-bond donors (Lipinski definition) is 2. The van der Waals surface area contributed by atoms with Crippen molar-refractivity contribution in [2.75, 3.05) is 29.9 Å². The third-order valence-electron chi connectivity index (χ3n) is 5.07. The molecule has 0 saturated heterocycles. The van der Waals surface area contributed by atoms with Gasteiger partial charge in [-0.1, -0.05) is 40.9 Å². The minimum Gasteiger partial charge on any atom is -0.495 e. The number of carbonyl (C=O) groups excluding carboxylic acids is 1. The molecule has 184 valence electrons. The van der Waals surface area contributed by atoms with E-state index >= 15 is 0 Å². The number of pyridine rings is 1. The van der Waals surface area contributed by atoms with Gasteiger partial charge in [0.25, 0.3) is 15.9 Å². The van der Waals surface area contributed by atoms with E-state index in [0.717, 1.165) is 4.31 Å². The maximum Gasteiger partial charge on any atom is 0.269 e. The second-order valence-corrected chi connectivity index (χ2v) is 10.4. The maximum absolute atomic E-state index is 13.7. The van der Waals surface area contributed by atoms with Gasteiger partial charge in [0.05, 0.1) is 35.9 Å². The van der Waals surface area contributed by atoms with Gasteiger partial charge >= 0.3 is 0 Å². The molecule has 9 nitrogen and oxygen atoms in total. The number of nitrogens with one attached hydrogen (secondary N) is 1. The highest BCUT2D eigenvalue weighted by atomic mass is 35.5.